The largest absolute Gasteiger partial charge is 0.311 e. The molecule has 0 N–H and O–H groups in total. The zero-order valence-electron chi connectivity index (χ0n) is 43.3. The highest BCUT2D eigenvalue weighted by Crippen LogP contribution is 2.40. The van der Waals surface area contributed by atoms with E-state index in [2.05, 4.69) is 348 Å². The number of rotatable bonds is 16. The first-order valence-corrected chi connectivity index (χ1v) is 26.7. The van der Waals surface area contributed by atoms with E-state index < -0.39 is 0 Å². The molecule has 0 atom stereocenters. The first-order chi connectivity index (χ1) is 38.7. The van der Waals surface area contributed by atoms with Crippen molar-refractivity contribution in [2.75, 3.05) is 14.7 Å². The monoisotopic (exact) mass is 999 g/mol. The summed E-state index contributed by atoms with van der Waals surface area (Å²) in [6.45, 7) is 0. The molecule has 0 heterocycles. The summed E-state index contributed by atoms with van der Waals surface area (Å²) < 4.78 is 0. The molecule has 0 unspecified atom stereocenters. The normalized spacial score (nSPS) is 11.2. The predicted octanol–water partition coefficient (Wildman–Crippen LogP) is 20.9. The van der Waals surface area contributed by atoms with Crippen LogP contribution in [-0.4, -0.2) is 0 Å². The molecule has 3 heteroatoms. The van der Waals surface area contributed by atoms with Gasteiger partial charge in [0.2, 0.25) is 0 Å². The highest BCUT2D eigenvalue weighted by Gasteiger charge is 2.17. The third kappa shape index (κ3) is 11.1. The molecule has 372 valence electrons. The molecule has 12 rings (SSSR count). The molecule has 0 bridgehead atoms. The van der Waals surface area contributed by atoms with Crippen LogP contribution >= 0.6 is 0 Å². The lowest BCUT2D eigenvalue weighted by Crippen LogP contribution is -2.09. The van der Waals surface area contributed by atoms with Crippen molar-refractivity contribution in [3.05, 3.63) is 344 Å². The van der Waals surface area contributed by atoms with Crippen molar-refractivity contribution >= 4 is 62.8 Å². The second-order valence-electron chi connectivity index (χ2n) is 19.4. The zero-order chi connectivity index (χ0) is 52.3. The minimum atomic E-state index is 0.802. The van der Waals surface area contributed by atoms with Crippen LogP contribution in [0.25, 0.3) is 45.0 Å². The molecule has 0 aliphatic heterocycles. The van der Waals surface area contributed by atoms with Gasteiger partial charge >= 0.3 is 0 Å². The van der Waals surface area contributed by atoms with Gasteiger partial charge in [-0.3, -0.25) is 0 Å². The molecular formula is C75H57N3. The van der Waals surface area contributed by atoms with Crippen molar-refractivity contribution in [2.24, 2.45) is 0 Å². The molecule has 0 saturated carbocycles. The Labute approximate surface area is 459 Å². The first kappa shape index (κ1) is 48.7. The molecule has 12 aromatic carbocycles. The fourth-order valence-electron chi connectivity index (χ4n) is 10.3. The molecular weight excluding hydrogens is 943 g/mol. The number of benzene rings is 12. The van der Waals surface area contributed by atoms with Gasteiger partial charge in [0.1, 0.15) is 0 Å². The lowest BCUT2D eigenvalue weighted by molar-refractivity contribution is 1.28. The molecule has 0 radical (unpaired) electrons. The van der Waals surface area contributed by atoms with E-state index in [0.29, 0.717) is 0 Å². The van der Waals surface area contributed by atoms with Gasteiger partial charge in [-0.2, -0.15) is 0 Å². The summed E-state index contributed by atoms with van der Waals surface area (Å²) in [6, 6.07) is 117. The van der Waals surface area contributed by atoms with E-state index >= 15 is 0 Å². The Bertz CT molecular complexity index is 3750. The standard InChI is InChI=1S/C75H57N3/c1-7-19-57(20-8-1)55-66(56-58-31-33-59(34-32-58)61-39-47-72(48-40-61)76(67-21-9-2-10-22-67)68-23-11-3-12-24-68)65-37-35-60(36-38-65)62-41-51-74(52-42-62)78(71-29-17-6-18-30-71)75-53-45-64(46-54-75)63-43-49-73(50-44-63)77(69-25-13-4-14-26-69)70-27-15-5-16-28-70/h1-55H,56H2/b66-55-. The minimum Gasteiger partial charge on any atom is -0.311 e. The number of allylic oxidation sites excluding steroid dienone is 1. The van der Waals surface area contributed by atoms with Crippen LogP contribution in [0.15, 0.2) is 328 Å². The van der Waals surface area contributed by atoms with Crippen molar-refractivity contribution in [2.45, 2.75) is 6.42 Å². The van der Waals surface area contributed by atoms with Crippen molar-refractivity contribution in [3.63, 3.8) is 0 Å². The van der Waals surface area contributed by atoms with Gasteiger partial charge in [-0.05, 0) is 171 Å². The number of hydrogen-bond acceptors (Lipinski definition) is 3. The van der Waals surface area contributed by atoms with E-state index in [0.717, 1.165) is 63.2 Å². The van der Waals surface area contributed by atoms with E-state index in [4.69, 9.17) is 0 Å². The van der Waals surface area contributed by atoms with Crippen molar-refractivity contribution < 1.29 is 0 Å². The lowest BCUT2D eigenvalue weighted by Gasteiger charge is -2.26. The SMILES string of the molecule is C(=C(\Cc1ccc(-c2ccc(N(c3ccccc3)c3ccccc3)cc2)cc1)c1ccc(-c2ccc(N(c3ccccc3)c3ccc(-c4ccc(N(c5ccccc5)c5ccccc5)cc4)cc3)cc2)cc1)/c1ccccc1. The van der Waals surface area contributed by atoms with Crippen LogP contribution in [-0.2, 0) is 6.42 Å². The maximum atomic E-state index is 2.33. The third-order valence-electron chi connectivity index (χ3n) is 14.3. The molecule has 78 heavy (non-hydrogen) atoms. The van der Waals surface area contributed by atoms with Gasteiger partial charge in [0.15, 0.2) is 0 Å². The van der Waals surface area contributed by atoms with Crippen molar-refractivity contribution in [1.82, 2.24) is 0 Å². The van der Waals surface area contributed by atoms with Gasteiger partial charge in [0.25, 0.3) is 0 Å². The van der Waals surface area contributed by atoms with Crippen LogP contribution < -0.4 is 14.7 Å². The second-order valence-corrected chi connectivity index (χ2v) is 19.4. The van der Waals surface area contributed by atoms with Crippen LogP contribution in [0.2, 0.25) is 0 Å². The van der Waals surface area contributed by atoms with Crippen LogP contribution in [0, 0.1) is 0 Å². The highest BCUT2D eigenvalue weighted by atomic mass is 15.2. The fraction of sp³-hybridized carbons (Fsp3) is 0.0133. The van der Waals surface area contributed by atoms with Crippen LogP contribution in [0.4, 0.5) is 51.2 Å². The zero-order valence-corrected chi connectivity index (χ0v) is 43.3. The Balaban J connectivity index is 0.758. The average molecular weight is 1000 g/mol. The number of hydrogen-bond donors (Lipinski definition) is 0. The van der Waals surface area contributed by atoms with Crippen molar-refractivity contribution in [3.8, 4) is 33.4 Å². The van der Waals surface area contributed by atoms with Gasteiger partial charge in [-0.1, -0.05) is 224 Å². The number of para-hydroxylation sites is 5. The summed E-state index contributed by atoms with van der Waals surface area (Å²) in [5.74, 6) is 0. The fourth-order valence-corrected chi connectivity index (χ4v) is 10.3. The quantitative estimate of drug-likeness (QED) is 0.0893. The smallest absolute Gasteiger partial charge is 0.0462 e. The Hall–Kier alpha value is -10.2. The molecule has 0 aliphatic rings. The Morgan fingerprint density at radius 2 is 0.436 bits per heavy atom. The van der Waals surface area contributed by atoms with Gasteiger partial charge < -0.3 is 14.7 Å². The maximum absolute atomic E-state index is 2.33. The summed E-state index contributed by atoms with van der Waals surface area (Å²) >= 11 is 0. The first-order valence-electron chi connectivity index (χ1n) is 26.7. The molecule has 0 aliphatic carbocycles. The summed E-state index contributed by atoms with van der Waals surface area (Å²) in [7, 11) is 0. The van der Waals surface area contributed by atoms with Gasteiger partial charge in [0.05, 0.1) is 0 Å². The van der Waals surface area contributed by atoms with E-state index in [9.17, 15) is 0 Å². The van der Waals surface area contributed by atoms with E-state index in [1.807, 2.05) is 0 Å². The highest BCUT2D eigenvalue weighted by molar-refractivity contribution is 5.86. The van der Waals surface area contributed by atoms with Crippen molar-refractivity contribution in [1.29, 1.82) is 0 Å². The van der Waals surface area contributed by atoms with Gasteiger partial charge in [-0.25, -0.2) is 0 Å². The summed E-state index contributed by atoms with van der Waals surface area (Å²) in [5, 5.41) is 0. The minimum absolute atomic E-state index is 0.802. The maximum Gasteiger partial charge on any atom is 0.0462 e. The predicted molar refractivity (Wildman–Crippen MR) is 331 cm³/mol. The molecule has 12 aromatic rings. The summed E-state index contributed by atoms with van der Waals surface area (Å²) in [6.07, 6.45) is 3.13. The topological polar surface area (TPSA) is 9.72 Å². The molecule has 0 saturated heterocycles. The van der Waals surface area contributed by atoms with E-state index in [1.165, 1.54) is 50.1 Å². The van der Waals surface area contributed by atoms with E-state index in [1.54, 1.807) is 0 Å². The van der Waals surface area contributed by atoms with E-state index in [-0.39, 0.29) is 0 Å². The second kappa shape index (κ2) is 23.1. The Kier molecular flexibility index (Phi) is 14.4. The number of anilines is 9. The van der Waals surface area contributed by atoms with Crippen LogP contribution in [0.3, 0.4) is 0 Å². The van der Waals surface area contributed by atoms with Crippen LogP contribution in [0.5, 0.6) is 0 Å². The van der Waals surface area contributed by atoms with Crippen LogP contribution in [0.1, 0.15) is 16.7 Å². The average Bonchev–Trinajstić information content (AvgIpc) is 3.54. The summed E-state index contributed by atoms with van der Waals surface area (Å²) in [5.41, 5.74) is 22.0. The Morgan fingerprint density at radius 3 is 0.705 bits per heavy atom. The molecule has 0 fully saturated rings. The molecule has 3 nitrogen and oxygen atoms in total. The summed E-state index contributed by atoms with van der Waals surface area (Å²) in [4.78, 5) is 6.91. The van der Waals surface area contributed by atoms with Gasteiger partial charge in [0, 0.05) is 51.2 Å². The molecule has 0 amide bonds. The Morgan fingerprint density at radius 1 is 0.218 bits per heavy atom. The van der Waals surface area contributed by atoms with Gasteiger partial charge in [-0.15, -0.1) is 0 Å². The molecule has 0 spiro atoms. The molecule has 0 aromatic heterocycles. The third-order valence-corrected chi connectivity index (χ3v) is 14.3. The number of nitrogens with zero attached hydrogens (tertiary/aromatic N) is 3. The lowest BCUT2D eigenvalue weighted by atomic mass is 9.93.